The molecule has 0 aromatic heterocycles. The average Bonchev–Trinajstić information content (AvgIpc) is 2.10. The van der Waals surface area contributed by atoms with Crippen LogP contribution in [0.1, 0.15) is 65.2 Å². The molecule has 0 atom stereocenters. The quantitative estimate of drug-likeness (QED) is 0.304. The smallest absolute Gasteiger partial charge is 0 e. The molecular formula is C12H24Na. The maximum absolute atomic E-state index is 2.27. The number of allylic oxidation sites excluding steroid dienone is 2. The number of unbranched alkanes of at least 4 members (excludes halogenated alkanes) is 7. The van der Waals surface area contributed by atoms with E-state index in [1.54, 1.807) is 0 Å². The Bertz CT molecular complexity index is 97.3. The van der Waals surface area contributed by atoms with E-state index in [-0.39, 0.29) is 29.6 Å². The molecule has 0 bridgehead atoms. The molecule has 0 nitrogen and oxygen atoms in total. The first kappa shape index (κ1) is 16.2. The van der Waals surface area contributed by atoms with Crippen LogP contribution >= 0.6 is 0 Å². The van der Waals surface area contributed by atoms with Gasteiger partial charge < -0.3 is 0 Å². The molecule has 0 aliphatic rings. The summed E-state index contributed by atoms with van der Waals surface area (Å²) in [5.74, 6) is 0. The van der Waals surface area contributed by atoms with Crippen LogP contribution in [0.25, 0.3) is 0 Å². The van der Waals surface area contributed by atoms with Crippen molar-refractivity contribution in [1.82, 2.24) is 0 Å². The Hall–Kier alpha value is 0.740. The second-order valence-electron chi connectivity index (χ2n) is 3.48. The first-order valence-corrected chi connectivity index (χ1v) is 5.53. The van der Waals surface area contributed by atoms with Crippen LogP contribution in [0.3, 0.4) is 0 Å². The minimum absolute atomic E-state index is 0. The Morgan fingerprint density at radius 2 is 1.38 bits per heavy atom. The Morgan fingerprint density at radius 3 is 1.92 bits per heavy atom. The van der Waals surface area contributed by atoms with E-state index in [4.69, 9.17) is 0 Å². The molecule has 0 heterocycles. The van der Waals surface area contributed by atoms with Crippen LogP contribution in [0.15, 0.2) is 12.2 Å². The Balaban J connectivity index is 0. The van der Waals surface area contributed by atoms with Gasteiger partial charge in [0.1, 0.15) is 0 Å². The minimum Gasteiger partial charge on any atom is -0.0917 e. The first-order valence-electron chi connectivity index (χ1n) is 5.53. The van der Waals surface area contributed by atoms with Crippen molar-refractivity contribution in [3.8, 4) is 0 Å². The van der Waals surface area contributed by atoms with Crippen molar-refractivity contribution in [3.63, 3.8) is 0 Å². The normalized spacial score (nSPS) is 10.3. The van der Waals surface area contributed by atoms with Gasteiger partial charge >= 0.3 is 0 Å². The molecule has 0 amide bonds. The van der Waals surface area contributed by atoms with Crippen molar-refractivity contribution in [1.29, 1.82) is 0 Å². The zero-order valence-electron chi connectivity index (χ0n) is 9.81. The summed E-state index contributed by atoms with van der Waals surface area (Å²) in [4.78, 5) is 0. The van der Waals surface area contributed by atoms with Crippen LogP contribution in [0, 0.1) is 0 Å². The first-order chi connectivity index (χ1) is 5.91. The van der Waals surface area contributed by atoms with Crippen LogP contribution in [-0.2, 0) is 0 Å². The van der Waals surface area contributed by atoms with E-state index >= 15 is 0 Å². The van der Waals surface area contributed by atoms with E-state index in [1.807, 2.05) is 0 Å². The van der Waals surface area contributed by atoms with Crippen LogP contribution in [0.2, 0.25) is 0 Å². The number of rotatable bonds is 8. The second-order valence-corrected chi connectivity index (χ2v) is 3.48. The molecule has 0 unspecified atom stereocenters. The van der Waals surface area contributed by atoms with E-state index in [1.165, 1.54) is 51.4 Å². The van der Waals surface area contributed by atoms with Gasteiger partial charge in [-0.05, 0) is 19.8 Å². The van der Waals surface area contributed by atoms with Crippen molar-refractivity contribution in [3.05, 3.63) is 12.2 Å². The van der Waals surface area contributed by atoms with Gasteiger partial charge in [0.15, 0.2) is 0 Å². The topological polar surface area (TPSA) is 0 Å². The molecule has 73 valence electrons. The summed E-state index contributed by atoms with van der Waals surface area (Å²) in [6, 6.07) is 0. The molecule has 0 rings (SSSR count). The van der Waals surface area contributed by atoms with Crippen molar-refractivity contribution in [2.24, 2.45) is 0 Å². The van der Waals surface area contributed by atoms with Gasteiger partial charge in [0.25, 0.3) is 0 Å². The average molecular weight is 191 g/mol. The van der Waals surface area contributed by atoms with Gasteiger partial charge in [-0.2, -0.15) is 0 Å². The second kappa shape index (κ2) is 15.2. The molecule has 0 aliphatic carbocycles. The van der Waals surface area contributed by atoms with Crippen LogP contribution < -0.4 is 0 Å². The molecule has 0 saturated carbocycles. The fourth-order valence-corrected chi connectivity index (χ4v) is 1.39. The van der Waals surface area contributed by atoms with Crippen LogP contribution in [0.4, 0.5) is 0 Å². The Labute approximate surface area is 106 Å². The minimum atomic E-state index is 0. The summed E-state index contributed by atoms with van der Waals surface area (Å²) >= 11 is 0. The van der Waals surface area contributed by atoms with E-state index in [9.17, 15) is 0 Å². The molecule has 0 aliphatic heterocycles. The monoisotopic (exact) mass is 191 g/mol. The zero-order valence-corrected chi connectivity index (χ0v) is 11.8. The molecule has 0 spiro atoms. The van der Waals surface area contributed by atoms with E-state index < -0.39 is 0 Å². The van der Waals surface area contributed by atoms with Crippen molar-refractivity contribution in [2.45, 2.75) is 65.2 Å². The summed E-state index contributed by atoms with van der Waals surface area (Å²) in [5.41, 5.74) is 0. The Kier molecular flexibility index (Phi) is 18.9. The van der Waals surface area contributed by atoms with Crippen molar-refractivity contribution < 1.29 is 0 Å². The summed E-state index contributed by atoms with van der Waals surface area (Å²) in [6.45, 7) is 4.37. The summed E-state index contributed by atoms with van der Waals surface area (Å²) in [5, 5.41) is 0. The maximum atomic E-state index is 2.27. The van der Waals surface area contributed by atoms with Gasteiger partial charge in [0.2, 0.25) is 0 Å². The Morgan fingerprint density at radius 1 is 0.846 bits per heavy atom. The van der Waals surface area contributed by atoms with Gasteiger partial charge in [0.05, 0.1) is 0 Å². The fraction of sp³-hybridized carbons (Fsp3) is 0.833. The largest absolute Gasteiger partial charge is 0.0917 e. The third kappa shape index (κ3) is 15.5. The molecule has 0 saturated heterocycles. The van der Waals surface area contributed by atoms with Gasteiger partial charge in [-0.15, -0.1) is 0 Å². The summed E-state index contributed by atoms with van der Waals surface area (Å²) < 4.78 is 0. The molecule has 0 aromatic rings. The third-order valence-electron chi connectivity index (χ3n) is 2.21. The number of hydrogen-bond acceptors (Lipinski definition) is 0. The van der Waals surface area contributed by atoms with Crippen molar-refractivity contribution in [2.75, 3.05) is 0 Å². The molecule has 0 N–H and O–H groups in total. The SMILES string of the molecule is CC=CCCCCCCCCC.[Na]. The van der Waals surface area contributed by atoms with E-state index in [0.29, 0.717) is 0 Å². The maximum Gasteiger partial charge on any atom is 0 e. The zero-order chi connectivity index (χ0) is 9.07. The van der Waals surface area contributed by atoms with Crippen LogP contribution in [0.5, 0.6) is 0 Å². The van der Waals surface area contributed by atoms with Gasteiger partial charge in [0, 0.05) is 29.6 Å². The van der Waals surface area contributed by atoms with Gasteiger partial charge in [-0.25, -0.2) is 0 Å². The molecule has 0 fully saturated rings. The predicted octanol–water partition coefficient (Wildman–Crippen LogP) is 4.32. The van der Waals surface area contributed by atoms with Gasteiger partial charge in [-0.1, -0.05) is 57.6 Å². The predicted molar refractivity (Wildman–Crippen MR) is 63.2 cm³/mol. The summed E-state index contributed by atoms with van der Waals surface area (Å²) in [7, 11) is 0. The molecule has 1 heteroatoms. The summed E-state index contributed by atoms with van der Waals surface area (Å²) in [6.07, 6.45) is 15.6. The fourth-order valence-electron chi connectivity index (χ4n) is 1.39. The molecular weight excluding hydrogens is 167 g/mol. The number of hydrogen-bond donors (Lipinski definition) is 0. The molecule has 1 radical (unpaired) electrons. The van der Waals surface area contributed by atoms with E-state index in [2.05, 4.69) is 26.0 Å². The molecule has 13 heavy (non-hydrogen) atoms. The third-order valence-corrected chi connectivity index (χ3v) is 2.21. The van der Waals surface area contributed by atoms with E-state index in [0.717, 1.165) is 0 Å². The van der Waals surface area contributed by atoms with Gasteiger partial charge in [-0.3, -0.25) is 0 Å². The van der Waals surface area contributed by atoms with Crippen LogP contribution in [-0.4, -0.2) is 29.6 Å². The standard InChI is InChI=1S/C12H24.Na/c1-3-5-7-9-11-12-10-8-6-4-2;/h3,5H,4,6-12H2,1-2H3;. The van der Waals surface area contributed by atoms with Crippen molar-refractivity contribution >= 4 is 29.6 Å². The molecule has 0 aromatic carbocycles.